The summed E-state index contributed by atoms with van der Waals surface area (Å²) in [5.74, 6) is 1.82. The van der Waals surface area contributed by atoms with E-state index in [4.69, 9.17) is 4.74 Å². The number of hydrogen-bond acceptors (Lipinski definition) is 3. The van der Waals surface area contributed by atoms with Gasteiger partial charge in [0.05, 0.1) is 12.7 Å². The zero-order valence-corrected chi connectivity index (χ0v) is 10.7. The van der Waals surface area contributed by atoms with Gasteiger partial charge >= 0.3 is 0 Å². The van der Waals surface area contributed by atoms with Gasteiger partial charge in [-0.3, -0.25) is 4.79 Å². The third-order valence-electron chi connectivity index (χ3n) is 2.86. The summed E-state index contributed by atoms with van der Waals surface area (Å²) in [6.45, 7) is 4.26. The monoisotopic (exact) mass is 244 g/mol. The highest BCUT2D eigenvalue weighted by Crippen LogP contribution is 2.31. The predicted octanol–water partition coefficient (Wildman–Crippen LogP) is 3.02. The van der Waals surface area contributed by atoms with E-state index >= 15 is 0 Å². The topological polar surface area (TPSA) is 55.0 Å². The first kappa shape index (κ1) is 12.4. The minimum absolute atomic E-state index is 0.391. The molecule has 0 saturated heterocycles. The van der Waals surface area contributed by atoms with Crippen molar-refractivity contribution in [3.05, 3.63) is 35.7 Å². The summed E-state index contributed by atoms with van der Waals surface area (Å²) in [6.07, 6.45) is 2.31. The molecule has 1 N–H and O–H groups in total. The van der Waals surface area contributed by atoms with Crippen molar-refractivity contribution in [3.8, 4) is 17.1 Å². The van der Waals surface area contributed by atoms with Crippen molar-refractivity contribution in [2.45, 2.75) is 19.8 Å². The number of nitrogens with one attached hydrogen (secondary N) is 1. The van der Waals surface area contributed by atoms with Crippen LogP contribution in [0.2, 0.25) is 0 Å². The summed E-state index contributed by atoms with van der Waals surface area (Å²) in [5.41, 5.74) is 2.47. The number of aldehydes is 1. The van der Waals surface area contributed by atoms with Crippen LogP contribution in [-0.4, -0.2) is 23.4 Å². The summed E-state index contributed by atoms with van der Waals surface area (Å²) in [7, 11) is 1.62. The molecular weight excluding hydrogens is 228 g/mol. The zero-order valence-electron chi connectivity index (χ0n) is 10.7. The van der Waals surface area contributed by atoms with Gasteiger partial charge in [0.15, 0.2) is 6.29 Å². The van der Waals surface area contributed by atoms with Gasteiger partial charge in [0.25, 0.3) is 0 Å². The number of aromatic nitrogens is 2. The number of H-pyrrole nitrogens is 1. The molecule has 4 nitrogen and oxygen atoms in total. The average molecular weight is 244 g/mol. The van der Waals surface area contributed by atoms with Crippen LogP contribution in [0.3, 0.4) is 0 Å². The maximum atomic E-state index is 10.7. The first-order valence-corrected chi connectivity index (χ1v) is 5.84. The normalized spacial score (nSPS) is 10.7. The Morgan fingerprint density at radius 1 is 1.39 bits per heavy atom. The minimum Gasteiger partial charge on any atom is -0.496 e. The molecule has 0 aliphatic carbocycles. The first-order chi connectivity index (χ1) is 8.65. The van der Waals surface area contributed by atoms with Crippen LogP contribution < -0.4 is 4.74 Å². The molecule has 0 saturated carbocycles. The van der Waals surface area contributed by atoms with Crippen LogP contribution in [0.1, 0.15) is 35.8 Å². The second kappa shape index (κ2) is 5.04. The number of aromatic amines is 1. The fourth-order valence-electron chi connectivity index (χ4n) is 1.80. The summed E-state index contributed by atoms with van der Waals surface area (Å²) < 4.78 is 5.33. The van der Waals surface area contributed by atoms with Gasteiger partial charge in [-0.15, -0.1) is 0 Å². The van der Waals surface area contributed by atoms with E-state index < -0.39 is 0 Å². The third-order valence-corrected chi connectivity index (χ3v) is 2.86. The minimum atomic E-state index is 0.391. The summed E-state index contributed by atoms with van der Waals surface area (Å²) in [4.78, 5) is 17.9. The number of methoxy groups -OCH3 is 1. The largest absolute Gasteiger partial charge is 0.496 e. The average Bonchev–Trinajstić information content (AvgIpc) is 2.86. The highest BCUT2D eigenvalue weighted by Gasteiger charge is 2.12. The molecule has 1 heterocycles. The van der Waals surface area contributed by atoms with Crippen LogP contribution >= 0.6 is 0 Å². The van der Waals surface area contributed by atoms with Crippen molar-refractivity contribution in [2.75, 3.05) is 7.11 Å². The second-order valence-corrected chi connectivity index (χ2v) is 4.41. The predicted molar refractivity (Wildman–Crippen MR) is 70.1 cm³/mol. The molecule has 2 rings (SSSR count). The highest BCUT2D eigenvalue weighted by molar-refractivity contribution is 5.74. The number of ether oxygens (including phenoxy) is 1. The van der Waals surface area contributed by atoms with Gasteiger partial charge in [0, 0.05) is 6.20 Å². The van der Waals surface area contributed by atoms with Crippen LogP contribution in [-0.2, 0) is 0 Å². The Balaban J connectivity index is 2.52. The van der Waals surface area contributed by atoms with Crippen molar-refractivity contribution < 1.29 is 9.53 Å². The lowest BCUT2D eigenvalue weighted by atomic mass is 10.00. The molecule has 2 aromatic rings. The molecule has 0 spiro atoms. The zero-order chi connectivity index (χ0) is 13.1. The van der Waals surface area contributed by atoms with E-state index in [2.05, 4.69) is 23.8 Å². The number of benzene rings is 1. The molecule has 1 aromatic heterocycles. The van der Waals surface area contributed by atoms with E-state index in [1.54, 1.807) is 13.3 Å². The van der Waals surface area contributed by atoms with Crippen LogP contribution in [0.15, 0.2) is 24.4 Å². The van der Waals surface area contributed by atoms with Crippen molar-refractivity contribution in [2.24, 2.45) is 0 Å². The highest BCUT2D eigenvalue weighted by atomic mass is 16.5. The van der Waals surface area contributed by atoms with Crippen LogP contribution in [0.5, 0.6) is 5.75 Å². The van der Waals surface area contributed by atoms with Crippen molar-refractivity contribution in [3.63, 3.8) is 0 Å². The van der Waals surface area contributed by atoms with Crippen molar-refractivity contribution >= 4 is 6.29 Å². The summed E-state index contributed by atoms with van der Waals surface area (Å²) in [5, 5.41) is 0. The van der Waals surface area contributed by atoms with E-state index in [1.807, 2.05) is 18.2 Å². The van der Waals surface area contributed by atoms with Gasteiger partial charge in [-0.1, -0.05) is 19.9 Å². The van der Waals surface area contributed by atoms with Gasteiger partial charge in [0.1, 0.15) is 17.3 Å². The number of nitrogens with zero attached hydrogens (tertiary/aromatic N) is 1. The molecule has 94 valence electrons. The van der Waals surface area contributed by atoms with E-state index in [0.717, 1.165) is 17.6 Å². The fraction of sp³-hybridized carbons (Fsp3) is 0.286. The van der Waals surface area contributed by atoms with Gasteiger partial charge < -0.3 is 9.72 Å². The maximum Gasteiger partial charge on any atom is 0.170 e. The maximum absolute atomic E-state index is 10.7. The lowest BCUT2D eigenvalue weighted by molar-refractivity contribution is 0.111. The van der Waals surface area contributed by atoms with Crippen LogP contribution in [0, 0.1) is 0 Å². The van der Waals surface area contributed by atoms with Gasteiger partial charge in [-0.25, -0.2) is 4.98 Å². The van der Waals surface area contributed by atoms with E-state index in [9.17, 15) is 4.79 Å². The number of hydrogen-bond donors (Lipinski definition) is 1. The lowest BCUT2D eigenvalue weighted by Crippen LogP contribution is -1.94. The number of imidazole rings is 1. The van der Waals surface area contributed by atoms with Crippen molar-refractivity contribution in [1.82, 2.24) is 9.97 Å². The molecule has 0 fully saturated rings. The smallest absolute Gasteiger partial charge is 0.170 e. The van der Waals surface area contributed by atoms with E-state index in [-0.39, 0.29) is 0 Å². The lowest BCUT2D eigenvalue weighted by Gasteiger charge is -2.11. The fourth-order valence-corrected chi connectivity index (χ4v) is 1.80. The molecule has 0 radical (unpaired) electrons. The van der Waals surface area contributed by atoms with E-state index in [0.29, 0.717) is 17.4 Å². The van der Waals surface area contributed by atoms with Crippen LogP contribution in [0.25, 0.3) is 11.4 Å². The van der Waals surface area contributed by atoms with E-state index in [1.165, 1.54) is 5.56 Å². The Labute approximate surface area is 106 Å². The number of carbonyl (C=O) groups is 1. The Morgan fingerprint density at radius 3 is 2.72 bits per heavy atom. The first-order valence-electron chi connectivity index (χ1n) is 5.84. The molecule has 0 aliphatic rings. The molecule has 1 aromatic carbocycles. The molecule has 0 unspecified atom stereocenters. The standard InChI is InChI=1S/C14H16N2O2/c1-9(2)10-4-5-13(18-3)12(6-10)14-15-7-11(8-17)16-14/h4-9H,1-3H3,(H,15,16). The van der Waals surface area contributed by atoms with Gasteiger partial charge in [-0.05, 0) is 23.6 Å². The Bertz CT molecular complexity index is 559. The third kappa shape index (κ3) is 2.27. The Kier molecular flexibility index (Phi) is 3.46. The van der Waals surface area contributed by atoms with Gasteiger partial charge in [0.2, 0.25) is 0 Å². The molecule has 0 bridgehead atoms. The number of carbonyl (C=O) groups excluding carboxylic acids is 1. The molecular formula is C14H16N2O2. The van der Waals surface area contributed by atoms with Crippen LogP contribution in [0.4, 0.5) is 0 Å². The summed E-state index contributed by atoms with van der Waals surface area (Å²) in [6, 6.07) is 6.00. The molecule has 4 heteroatoms. The summed E-state index contributed by atoms with van der Waals surface area (Å²) >= 11 is 0. The molecule has 0 atom stereocenters. The quantitative estimate of drug-likeness (QED) is 0.841. The van der Waals surface area contributed by atoms with Gasteiger partial charge in [-0.2, -0.15) is 0 Å². The van der Waals surface area contributed by atoms with Crippen molar-refractivity contribution in [1.29, 1.82) is 0 Å². The molecule has 0 amide bonds. The second-order valence-electron chi connectivity index (χ2n) is 4.41. The number of rotatable bonds is 4. The Morgan fingerprint density at radius 2 is 2.17 bits per heavy atom. The molecule has 18 heavy (non-hydrogen) atoms. The SMILES string of the molecule is COc1ccc(C(C)C)cc1-c1nc(C=O)c[nH]1. The Hall–Kier alpha value is -2.10. The molecule has 0 aliphatic heterocycles.